The Bertz CT molecular complexity index is 644. The summed E-state index contributed by atoms with van der Waals surface area (Å²) in [5, 5.41) is 0. The van der Waals surface area contributed by atoms with Gasteiger partial charge >= 0.3 is 5.69 Å². The minimum absolute atomic E-state index is 0.0472. The number of para-hydroxylation sites is 1. The highest BCUT2D eigenvalue weighted by atomic mass is 16.5. The van der Waals surface area contributed by atoms with E-state index in [1.54, 1.807) is 7.11 Å². The minimum Gasteiger partial charge on any atom is -0.494 e. The first-order valence-corrected chi connectivity index (χ1v) is 6.63. The molecule has 5 heteroatoms. The van der Waals surface area contributed by atoms with Crippen molar-refractivity contribution in [3.63, 3.8) is 0 Å². The number of aromatic amines is 1. The number of imidazole rings is 1. The quantitative estimate of drug-likeness (QED) is 0.905. The molecule has 19 heavy (non-hydrogen) atoms. The van der Waals surface area contributed by atoms with Gasteiger partial charge in [0.05, 0.1) is 12.6 Å². The first-order chi connectivity index (χ1) is 9.19. The van der Waals surface area contributed by atoms with E-state index in [1.807, 2.05) is 22.8 Å². The Morgan fingerprint density at radius 3 is 3.00 bits per heavy atom. The van der Waals surface area contributed by atoms with Crippen LogP contribution in [0.5, 0.6) is 5.75 Å². The average Bonchev–Trinajstić information content (AvgIpc) is 2.94. The molecular formula is C14H19N3O2. The van der Waals surface area contributed by atoms with Crippen molar-refractivity contribution >= 4 is 11.0 Å². The third kappa shape index (κ3) is 2.14. The molecule has 0 bridgehead atoms. The molecule has 1 N–H and O–H groups in total. The molecule has 0 radical (unpaired) electrons. The third-order valence-electron chi connectivity index (χ3n) is 3.91. The Kier molecular flexibility index (Phi) is 3.06. The first kappa shape index (κ1) is 12.3. The highest BCUT2D eigenvalue weighted by Gasteiger charge is 2.22. The minimum atomic E-state index is -0.0472. The van der Waals surface area contributed by atoms with Crippen LogP contribution in [0.4, 0.5) is 0 Å². The van der Waals surface area contributed by atoms with E-state index in [-0.39, 0.29) is 5.69 Å². The van der Waals surface area contributed by atoms with E-state index in [0.29, 0.717) is 5.92 Å². The van der Waals surface area contributed by atoms with E-state index >= 15 is 0 Å². The van der Waals surface area contributed by atoms with E-state index in [1.165, 1.54) is 0 Å². The number of ether oxygens (including phenoxy) is 1. The number of nitrogens with one attached hydrogen (secondary N) is 1. The molecule has 0 saturated carbocycles. The van der Waals surface area contributed by atoms with Crippen LogP contribution in [0.3, 0.4) is 0 Å². The molecule has 1 saturated heterocycles. The molecule has 5 nitrogen and oxygen atoms in total. The van der Waals surface area contributed by atoms with Gasteiger partial charge < -0.3 is 14.6 Å². The van der Waals surface area contributed by atoms with Crippen LogP contribution in [-0.2, 0) is 6.54 Å². The standard InChI is InChI=1S/C14H19N3O2/c1-16-7-6-10(8-16)9-17-13-11(15-14(17)18)4-3-5-12(13)19-2/h3-5,10H,6-9H2,1-2H3,(H,15,18). The van der Waals surface area contributed by atoms with Crippen LogP contribution < -0.4 is 10.4 Å². The summed E-state index contributed by atoms with van der Waals surface area (Å²) in [4.78, 5) is 17.3. The molecule has 0 spiro atoms. The van der Waals surface area contributed by atoms with Gasteiger partial charge in [-0.05, 0) is 38.1 Å². The zero-order valence-corrected chi connectivity index (χ0v) is 11.3. The molecule has 3 rings (SSSR count). The lowest BCUT2D eigenvalue weighted by atomic mass is 10.1. The smallest absolute Gasteiger partial charge is 0.326 e. The topological polar surface area (TPSA) is 50.3 Å². The number of hydrogen-bond acceptors (Lipinski definition) is 3. The third-order valence-corrected chi connectivity index (χ3v) is 3.91. The Morgan fingerprint density at radius 1 is 1.47 bits per heavy atom. The van der Waals surface area contributed by atoms with Crippen LogP contribution in [0.2, 0.25) is 0 Å². The highest BCUT2D eigenvalue weighted by Crippen LogP contribution is 2.25. The van der Waals surface area contributed by atoms with Gasteiger partial charge in [-0.3, -0.25) is 4.57 Å². The van der Waals surface area contributed by atoms with E-state index in [0.717, 1.165) is 42.8 Å². The maximum absolute atomic E-state index is 12.1. The van der Waals surface area contributed by atoms with Crippen LogP contribution >= 0.6 is 0 Å². The number of hydrogen-bond donors (Lipinski definition) is 1. The zero-order chi connectivity index (χ0) is 13.4. The predicted molar refractivity (Wildman–Crippen MR) is 74.7 cm³/mol. The van der Waals surface area contributed by atoms with Crippen molar-refractivity contribution in [1.82, 2.24) is 14.5 Å². The van der Waals surface area contributed by atoms with Crippen molar-refractivity contribution in [3.8, 4) is 5.75 Å². The van der Waals surface area contributed by atoms with Gasteiger partial charge in [0.2, 0.25) is 0 Å². The van der Waals surface area contributed by atoms with E-state index in [4.69, 9.17) is 4.74 Å². The maximum Gasteiger partial charge on any atom is 0.326 e. The molecule has 1 aliphatic heterocycles. The van der Waals surface area contributed by atoms with Gasteiger partial charge in [-0.1, -0.05) is 6.07 Å². The normalized spacial score (nSPS) is 20.2. The Labute approximate surface area is 111 Å². The van der Waals surface area contributed by atoms with Crippen LogP contribution in [0, 0.1) is 5.92 Å². The second-order valence-corrected chi connectivity index (χ2v) is 5.31. The number of fused-ring (bicyclic) bond motifs is 1. The number of likely N-dealkylation sites (tertiary alicyclic amines) is 1. The zero-order valence-electron chi connectivity index (χ0n) is 11.3. The molecule has 0 amide bonds. The average molecular weight is 261 g/mol. The van der Waals surface area contributed by atoms with Crippen LogP contribution in [0.1, 0.15) is 6.42 Å². The lowest BCUT2D eigenvalue weighted by Gasteiger charge is -2.12. The molecule has 2 heterocycles. The Balaban J connectivity index is 2.02. The van der Waals surface area contributed by atoms with Crippen LogP contribution in [0.25, 0.3) is 11.0 Å². The molecule has 1 fully saturated rings. The van der Waals surface area contributed by atoms with Gasteiger partial charge in [-0.2, -0.15) is 0 Å². The molecule has 1 unspecified atom stereocenters. The van der Waals surface area contributed by atoms with Crippen molar-refractivity contribution in [3.05, 3.63) is 28.7 Å². The highest BCUT2D eigenvalue weighted by molar-refractivity contribution is 5.81. The number of methoxy groups -OCH3 is 1. The molecule has 1 atom stereocenters. The van der Waals surface area contributed by atoms with Crippen molar-refractivity contribution < 1.29 is 4.74 Å². The lowest BCUT2D eigenvalue weighted by Crippen LogP contribution is -2.23. The monoisotopic (exact) mass is 261 g/mol. The van der Waals surface area contributed by atoms with Crippen molar-refractivity contribution in [2.75, 3.05) is 27.2 Å². The summed E-state index contributed by atoms with van der Waals surface area (Å²) >= 11 is 0. The first-order valence-electron chi connectivity index (χ1n) is 6.63. The number of H-pyrrole nitrogens is 1. The van der Waals surface area contributed by atoms with Gasteiger partial charge in [0.1, 0.15) is 11.3 Å². The number of benzene rings is 1. The van der Waals surface area contributed by atoms with E-state index in [9.17, 15) is 4.79 Å². The Morgan fingerprint density at radius 2 is 2.32 bits per heavy atom. The summed E-state index contributed by atoms with van der Waals surface area (Å²) in [6, 6.07) is 5.70. The fourth-order valence-electron chi connectivity index (χ4n) is 2.96. The van der Waals surface area contributed by atoms with Crippen LogP contribution in [0.15, 0.2) is 23.0 Å². The van der Waals surface area contributed by atoms with Crippen LogP contribution in [-0.4, -0.2) is 41.7 Å². The summed E-state index contributed by atoms with van der Waals surface area (Å²) in [5.74, 6) is 1.29. The number of rotatable bonds is 3. The van der Waals surface area contributed by atoms with Crippen molar-refractivity contribution in [2.45, 2.75) is 13.0 Å². The van der Waals surface area contributed by atoms with E-state index in [2.05, 4.69) is 16.9 Å². The second kappa shape index (κ2) is 4.74. The van der Waals surface area contributed by atoms with Gasteiger partial charge in [0.15, 0.2) is 0 Å². The summed E-state index contributed by atoms with van der Waals surface area (Å²) in [7, 11) is 3.76. The predicted octanol–water partition coefficient (Wildman–Crippen LogP) is 1.29. The summed E-state index contributed by atoms with van der Waals surface area (Å²) in [6.45, 7) is 2.91. The molecule has 102 valence electrons. The maximum atomic E-state index is 12.1. The van der Waals surface area contributed by atoms with Gasteiger partial charge in [-0.25, -0.2) is 4.79 Å². The molecule has 2 aromatic rings. The molecular weight excluding hydrogens is 242 g/mol. The SMILES string of the molecule is COc1cccc2[nH]c(=O)n(CC3CCN(C)C3)c12. The summed E-state index contributed by atoms with van der Waals surface area (Å²) in [5.41, 5.74) is 1.68. The Hall–Kier alpha value is -1.75. The number of aromatic nitrogens is 2. The summed E-state index contributed by atoms with van der Waals surface area (Å²) < 4.78 is 7.19. The summed E-state index contributed by atoms with van der Waals surface area (Å²) in [6.07, 6.45) is 1.14. The molecule has 1 aromatic heterocycles. The van der Waals surface area contributed by atoms with Gasteiger partial charge in [0.25, 0.3) is 0 Å². The van der Waals surface area contributed by atoms with E-state index < -0.39 is 0 Å². The van der Waals surface area contributed by atoms with Gasteiger partial charge in [0, 0.05) is 13.1 Å². The van der Waals surface area contributed by atoms with Crippen molar-refractivity contribution in [2.24, 2.45) is 5.92 Å². The number of nitrogens with zero attached hydrogens (tertiary/aromatic N) is 2. The lowest BCUT2D eigenvalue weighted by molar-refractivity contribution is 0.376. The molecule has 1 aromatic carbocycles. The molecule has 0 aliphatic carbocycles. The fourth-order valence-corrected chi connectivity index (χ4v) is 2.96. The second-order valence-electron chi connectivity index (χ2n) is 5.31. The largest absolute Gasteiger partial charge is 0.494 e. The van der Waals surface area contributed by atoms with Gasteiger partial charge in [-0.15, -0.1) is 0 Å². The molecule has 1 aliphatic rings. The fraction of sp³-hybridized carbons (Fsp3) is 0.500. The van der Waals surface area contributed by atoms with Crippen molar-refractivity contribution in [1.29, 1.82) is 0 Å².